The molecular formula is C47H84O14P2. The summed E-state index contributed by atoms with van der Waals surface area (Å²) in [7, 11) is -9.75. The Labute approximate surface area is 379 Å². The van der Waals surface area contributed by atoms with Crippen molar-refractivity contribution in [2.45, 2.75) is 193 Å². The number of phosphoric acid groups is 2. The monoisotopic (exact) mass is 935 g/mol. The molecule has 0 heterocycles. The molecule has 4 atom stereocenters. The molecule has 2 unspecified atom stereocenters. The number of hydrogen-bond acceptors (Lipinski definition) is 11. The van der Waals surface area contributed by atoms with Gasteiger partial charge in [-0.2, -0.15) is 0 Å². The lowest BCUT2D eigenvalue weighted by Crippen LogP contribution is -2.30. The number of aliphatic hydroxyl groups excluding tert-OH is 2. The van der Waals surface area contributed by atoms with Crippen LogP contribution in [0.1, 0.15) is 175 Å². The summed E-state index contributed by atoms with van der Waals surface area (Å²) in [6.07, 6.45) is 39.6. The fourth-order valence-corrected chi connectivity index (χ4v) is 7.31. The fourth-order valence-electron chi connectivity index (χ4n) is 6.15. The SMILES string of the molecule is CC/C=C\C/C=C\C/C=C\C/C=C\C=C\C(O)CCCC(=O)O[C@H](COC(=O)CCCCCCCCCCCCCCCCCC(C)C)COP(=O)(O)OC[C@@H](O)COP(=O)(O)O. The molecule has 0 spiro atoms. The molecule has 0 bridgehead atoms. The summed E-state index contributed by atoms with van der Waals surface area (Å²) in [5, 5.41) is 20.1. The molecule has 0 fully saturated rings. The summed E-state index contributed by atoms with van der Waals surface area (Å²) in [5.74, 6) is -0.424. The van der Waals surface area contributed by atoms with Gasteiger partial charge in [-0.05, 0) is 50.9 Å². The van der Waals surface area contributed by atoms with E-state index in [0.717, 1.165) is 50.9 Å². The number of phosphoric ester groups is 2. The molecule has 14 nitrogen and oxygen atoms in total. The molecule has 366 valence electrons. The summed E-state index contributed by atoms with van der Waals surface area (Å²) < 4.78 is 47.7. The van der Waals surface area contributed by atoms with E-state index in [0.29, 0.717) is 6.42 Å². The van der Waals surface area contributed by atoms with Crippen LogP contribution >= 0.6 is 15.6 Å². The molecule has 63 heavy (non-hydrogen) atoms. The Balaban J connectivity index is 4.64. The topological polar surface area (TPSA) is 216 Å². The largest absolute Gasteiger partial charge is 0.472 e. The first-order valence-corrected chi connectivity index (χ1v) is 26.5. The van der Waals surface area contributed by atoms with Crippen molar-refractivity contribution in [3.8, 4) is 0 Å². The van der Waals surface area contributed by atoms with Gasteiger partial charge in [0.05, 0.1) is 25.9 Å². The standard InChI is InChI=1S/C47H84O14P2/c1-4-5-6-7-8-9-10-14-18-21-24-27-30-34-43(48)35-32-37-47(51)61-45(41-60-63(55,56)59-39-44(49)38-58-62(52,53)54)40-57-46(50)36-31-28-25-22-19-16-13-11-12-15-17-20-23-26-29-33-42(2)3/h5-6,8-9,14,18,24,27,30,34,42-45,48-49H,4,7,10-13,15-17,19-23,25-26,28-29,31-33,35-41H2,1-3H3,(H,55,56)(H2,52,53,54)/b6-5-,9-8-,18-14-,27-24-,34-30+/t43?,44-,45+/m0/s1. The summed E-state index contributed by atoms with van der Waals surface area (Å²) in [6.45, 7) is 3.77. The van der Waals surface area contributed by atoms with E-state index in [1.807, 2.05) is 12.2 Å². The minimum absolute atomic E-state index is 0.100. The summed E-state index contributed by atoms with van der Waals surface area (Å²) in [4.78, 5) is 52.8. The lowest BCUT2D eigenvalue weighted by molar-refractivity contribution is -0.161. The van der Waals surface area contributed by atoms with Crippen molar-refractivity contribution >= 4 is 27.6 Å². The number of unbranched alkanes of at least 4 members (excludes halogenated alkanes) is 14. The van der Waals surface area contributed by atoms with Crippen LogP contribution in [0.4, 0.5) is 0 Å². The van der Waals surface area contributed by atoms with Gasteiger partial charge >= 0.3 is 27.6 Å². The predicted octanol–water partition coefficient (Wildman–Crippen LogP) is 11.2. The van der Waals surface area contributed by atoms with Crippen LogP contribution in [0.3, 0.4) is 0 Å². The molecule has 0 saturated heterocycles. The molecule has 0 aliphatic rings. The van der Waals surface area contributed by atoms with Crippen molar-refractivity contribution in [1.82, 2.24) is 0 Å². The highest BCUT2D eigenvalue weighted by Gasteiger charge is 2.28. The van der Waals surface area contributed by atoms with Gasteiger partial charge < -0.3 is 34.4 Å². The normalized spacial score (nSPS) is 15.1. The average Bonchev–Trinajstić information content (AvgIpc) is 3.22. The van der Waals surface area contributed by atoms with Crippen LogP contribution < -0.4 is 0 Å². The van der Waals surface area contributed by atoms with E-state index in [2.05, 4.69) is 66.3 Å². The Morgan fingerprint density at radius 1 is 0.540 bits per heavy atom. The minimum atomic E-state index is -4.89. The van der Waals surface area contributed by atoms with Crippen LogP contribution in [0, 0.1) is 5.92 Å². The Kier molecular flexibility index (Phi) is 39.8. The number of hydrogen-bond donors (Lipinski definition) is 5. The molecular weight excluding hydrogens is 850 g/mol. The van der Waals surface area contributed by atoms with Crippen molar-refractivity contribution < 1.29 is 66.7 Å². The fraction of sp³-hybridized carbons (Fsp3) is 0.745. The maximum Gasteiger partial charge on any atom is 0.472 e. The molecule has 0 aliphatic heterocycles. The van der Waals surface area contributed by atoms with Crippen LogP contribution in [0.5, 0.6) is 0 Å². The van der Waals surface area contributed by atoms with Gasteiger partial charge in [0.1, 0.15) is 12.7 Å². The Morgan fingerprint density at radius 2 is 1.02 bits per heavy atom. The third-order valence-electron chi connectivity index (χ3n) is 9.69. The van der Waals surface area contributed by atoms with Crippen molar-refractivity contribution in [3.63, 3.8) is 0 Å². The molecule has 0 rings (SSSR count). The van der Waals surface area contributed by atoms with E-state index in [1.165, 1.54) is 77.0 Å². The first-order valence-electron chi connectivity index (χ1n) is 23.4. The Bertz CT molecular complexity index is 1370. The zero-order valence-corrected chi connectivity index (χ0v) is 40.5. The highest BCUT2D eigenvalue weighted by Crippen LogP contribution is 2.43. The van der Waals surface area contributed by atoms with Crippen LogP contribution in [0.25, 0.3) is 0 Å². The number of rotatable bonds is 43. The highest BCUT2D eigenvalue weighted by atomic mass is 31.2. The number of allylic oxidation sites excluding steroid dienone is 9. The second-order valence-electron chi connectivity index (χ2n) is 16.3. The molecule has 0 aliphatic carbocycles. The molecule has 0 amide bonds. The smallest absolute Gasteiger partial charge is 0.462 e. The Hall–Kier alpha value is -2.22. The quantitative estimate of drug-likeness (QED) is 0.0126. The minimum Gasteiger partial charge on any atom is -0.462 e. The highest BCUT2D eigenvalue weighted by molar-refractivity contribution is 7.47. The number of aliphatic hydroxyl groups is 2. The third kappa shape index (κ3) is 46.1. The van der Waals surface area contributed by atoms with Gasteiger partial charge in [-0.1, -0.05) is 178 Å². The van der Waals surface area contributed by atoms with Gasteiger partial charge in [-0.3, -0.25) is 23.2 Å². The number of carbonyl (C=O) groups excluding carboxylic acids is 2. The predicted molar refractivity (Wildman–Crippen MR) is 250 cm³/mol. The maximum atomic E-state index is 12.7. The zero-order chi connectivity index (χ0) is 46.9. The van der Waals surface area contributed by atoms with E-state index in [4.69, 9.17) is 23.8 Å². The molecule has 0 saturated carbocycles. The van der Waals surface area contributed by atoms with Crippen LogP contribution in [0.2, 0.25) is 0 Å². The third-order valence-corrected chi connectivity index (χ3v) is 11.1. The number of esters is 2. The van der Waals surface area contributed by atoms with Gasteiger partial charge in [-0.25, -0.2) is 9.13 Å². The maximum absolute atomic E-state index is 12.7. The van der Waals surface area contributed by atoms with E-state index < -0.39 is 72.3 Å². The van der Waals surface area contributed by atoms with E-state index in [-0.39, 0.29) is 25.7 Å². The van der Waals surface area contributed by atoms with Crippen LogP contribution in [-0.4, -0.2) is 81.6 Å². The van der Waals surface area contributed by atoms with Gasteiger partial charge in [0.2, 0.25) is 0 Å². The lowest BCUT2D eigenvalue weighted by Gasteiger charge is -2.20. The van der Waals surface area contributed by atoms with Crippen molar-refractivity contribution in [2.24, 2.45) is 5.92 Å². The van der Waals surface area contributed by atoms with Gasteiger partial charge in [0.25, 0.3) is 0 Å². The van der Waals surface area contributed by atoms with Gasteiger partial charge in [0, 0.05) is 12.8 Å². The van der Waals surface area contributed by atoms with Crippen LogP contribution in [-0.2, 0) is 41.8 Å². The second kappa shape index (κ2) is 41.2. The summed E-state index contributed by atoms with van der Waals surface area (Å²) in [5.41, 5.74) is 0. The van der Waals surface area contributed by atoms with Crippen LogP contribution in [0.15, 0.2) is 60.8 Å². The van der Waals surface area contributed by atoms with Crippen molar-refractivity contribution in [2.75, 3.05) is 26.4 Å². The van der Waals surface area contributed by atoms with Gasteiger partial charge in [-0.15, -0.1) is 0 Å². The van der Waals surface area contributed by atoms with E-state index >= 15 is 0 Å². The lowest BCUT2D eigenvalue weighted by atomic mass is 10.0. The van der Waals surface area contributed by atoms with E-state index in [9.17, 15) is 33.8 Å². The first-order chi connectivity index (χ1) is 30.1. The average molecular weight is 935 g/mol. The number of ether oxygens (including phenoxy) is 2. The summed E-state index contributed by atoms with van der Waals surface area (Å²) in [6, 6.07) is 0. The molecule has 16 heteroatoms. The summed E-state index contributed by atoms with van der Waals surface area (Å²) >= 11 is 0. The van der Waals surface area contributed by atoms with Gasteiger partial charge in [0.15, 0.2) is 6.10 Å². The molecule has 0 aromatic rings. The molecule has 5 N–H and O–H groups in total. The molecule has 0 aromatic carbocycles. The Morgan fingerprint density at radius 3 is 1.56 bits per heavy atom. The van der Waals surface area contributed by atoms with Crippen molar-refractivity contribution in [1.29, 1.82) is 0 Å². The van der Waals surface area contributed by atoms with E-state index in [1.54, 1.807) is 12.2 Å². The second-order valence-corrected chi connectivity index (χ2v) is 19.0. The number of carbonyl (C=O) groups is 2. The van der Waals surface area contributed by atoms with Crippen molar-refractivity contribution in [3.05, 3.63) is 60.8 Å². The zero-order valence-electron chi connectivity index (χ0n) is 38.7. The molecule has 0 aromatic heterocycles. The first kappa shape index (κ1) is 60.8. The molecule has 0 radical (unpaired) electrons.